The van der Waals surface area contributed by atoms with E-state index in [0.29, 0.717) is 0 Å². The van der Waals surface area contributed by atoms with Gasteiger partial charge >= 0.3 is 0 Å². The molecule has 0 aromatic carbocycles. The maximum atomic E-state index is 12.6. The van der Waals surface area contributed by atoms with Gasteiger partial charge in [0.05, 0.1) is 23.9 Å². The second-order valence-electron chi connectivity index (χ2n) is 7.53. The van der Waals surface area contributed by atoms with Gasteiger partial charge in [0.25, 0.3) is 5.91 Å². The Morgan fingerprint density at radius 3 is 2.85 bits per heavy atom. The van der Waals surface area contributed by atoms with Crippen molar-refractivity contribution < 1.29 is 9.90 Å². The monoisotopic (exact) mass is 387 g/mol. The Bertz CT molecular complexity index is 770. The van der Waals surface area contributed by atoms with E-state index in [-0.39, 0.29) is 24.5 Å². The lowest BCUT2D eigenvalue weighted by molar-refractivity contribution is 0.0895. The minimum atomic E-state index is -0.203. The first-order valence-electron chi connectivity index (χ1n) is 9.68. The summed E-state index contributed by atoms with van der Waals surface area (Å²) in [6.07, 6.45) is 3.85. The van der Waals surface area contributed by atoms with Crippen LogP contribution in [0.5, 0.6) is 0 Å². The van der Waals surface area contributed by atoms with Gasteiger partial charge < -0.3 is 10.4 Å². The van der Waals surface area contributed by atoms with E-state index >= 15 is 0 Å². The molecule has 1 amide bonds. The third-order valence-electron chi connectivity index (χ3n) is 5.27. The second kappa shape index (κ2) is 8.95. The van der Waals surface area contributed by atoms with Crippen molar-refractivity contribution in [3.8, 4) is 0 Å². The molecule has 3 heterocycles. The van der Waals surface area contributed by atoms with Gasteiger partial charge in [-0.3, -0.25) is 14.7 Å². The van der Waals surface area contributed by atoms with Crippen molar-refractivity contribution in [1.29, 1.82) is 0 Å². The highest BCUT2D eigenvalue weighted by Gasteiger charge is 2.25. The third kappa shape index (κ3) is 4.75. The van der Waals surface area contributed by atoms with Crippen LogP contribution in [-0.4, -0.2) is 40.1 Å². The number of fused-ring (bicyclic) bond motifs is 1. The number of amides is 1. The topological polar surface area (TPSA) is 65.5 Å². The normalized spacial score (nSPS) is 15.6. The summed E-state index contributed by atoms with van der Waals surface area (Å²) in [6, 6.07) is 4.06. The molecule has 1 unspecified atom stereocenters. The van der Waals surface area contributed by atoms with Crippen LogP contribution >= 0.6 is 11.3 Å². The average Bonchev–Trinajstić information content (AvgIpc) is 3.09. The van der Waals surface area contributed by atoms with Gasteiger partial charge in [-0.15, -0.1) is 11.3 Å². The van der Waals surface area contributed by atoms with Gasteiger partial charge in [0, 0.05) is 36.1 Å². The number of nitrogens with zero attached hydrogens (tertiary/aromatic N) is 2. The van der Waals surface area contributed by atoms with Gasteiger partial charge in [-0.25, -0.2) is 0 Å². The summed E-state index contributed by atoms with van der Waals surface area (Å²) in [7, 11) is 0. The Labute approximate surface area is 165 Å². The molecule has 2 N–H and O–H groups in total. The Morgan fingerprint density at radius 1 is 1.41 bits per heavy atom. The molecular weight excluding hydrogens is 358 g/mol. The van der Waals surface area contributed by atoms with Crippen LogP contribution in [0.4, 0.5) is 0 Å². The first-order chi connectivity index (χ1) is 13.0. The number of aliphatic hydroxyl groups is 1. The fourth-order valence-corrected chi connectivity index (χ4v) is 4.48. The highest BCUT2D eigenvalue weighted by molar-refractivity contribution is 7.10. The predicted molar refractivity (Wildman–Crippen MR) is 109 cm³/mol. The quantitative estimate of drug-likeness (QED) is 0.766. The Hall–Kier alpha value is -1.76. The number of thiophene rings is 1. The molecule has 27 heavy (non-hydrogen) atoms. The summed E-state index contributed by atoms with van der Waals surface area (Å²) in [6.45, 7) is 8.73. The van der Waals surface area contributed by atoms with E-state index in [1.165, 1.54) is 16.0 Å². The first-order valence-corrected chi connectivity index (χ1v) is 10.6. The van der Waals surface area contributed by atoms with Crippen LogP contribution in [0, 0.1) is 5.92 Å². The van der Waals surface area contributed by atoms with E-state index in [9.17, 15) is 9.90 Å². The average molecular weight is 388 g/mol. The molecule has 6 heteroatoms. The fraction of sp³-hybridized carbons (Fsp3) is 0.524. The Balaban J connectivity index is 1.64. The fourth-order valence-electron chi connectivity index (χ4n) is 3.36. The number of aromatic nitrogens is 1. The summed E-state index contributed by atoms with van der Waals surface area (Å²) >= 11 is 1.66. The van der Waals surface area contributed by atoms with Crippen molar-refractivity contribution in [3.05, 3.63) is 51.0 Å². The zero-order chi connectivity index (χ0) is 19.4. The molecule has 0 fully saturated rings. The van der Waals surface area contributed by atoms with Gasteiger partial charge in [0.15, 0.2) is 0 Å². The molecule has 0 spiro atoms. The maximum absolute atomic E-state index is 12.6. The molecule has 5 nitrogen and oxygen atoms in total. The lowest BCUT2D eigenvalue weighted by Gasteiger charge is -2.27. The molecule has 0 saturated carbocycles. The molecule has 0 aliphatic carbocycles. The largest absolute Gasteiger partial charge is 0.394 e. The van der Waals surface area contributed by atoms with Crippen molar-refractivity contribution in [3.63, 3.8) is 0 Å². The lowest BCUT2D eigenvalue weighted by Crippen LogP contribution is -2.41. The van der Waals surface area contributed by atoms with Crippen LogP contribution in [0.25, 0.3) is 0 Å². The molecule has 0 saturated heterocycles. The van der Waals surface area contributed by atoms with Gasteiger partial charge in [-0.1, -0.05) is 26.8 Å². The van der Waals surface area contributed by atoms with Crippen LogP contribution < -0.4 is 5.32 Å². The van der Waals surface area contributed by atoms with Crippen LogP contribution in [0.3, 0.4) is 0 Å². The van der Waals surface area contributed by atoms with Crippen LogP contribution in [0.1, 0.15) is 52.8 Å². The second-order valence-corrected chi connectivity index (χ2v) is 8.49. The number of hydrogen-bond donors (Lipinski definition) is 2. The van der Waals surface area contributed by atoms with E-state index in [0.717, 1.165) is 43.7 Å². The highest BCUT2D eigenvalue weighted by Crippen LogP contribution is 2.29. The third-order valence-corrected chi connectivity index (χ3v) is 6.28. The van der Waals surface area contributed by atoms with Crippen molar-refractivity contribution in [2.75, 3.05) is 13.2 Å². The van der Waals surface area contributed by atoms with Crippen LogP contribution in [0.2, 0.25) is 0 Å². The van der Waals surface area contributed by atoms with E-state index in [1.54, 1.807) is 11.3 Å². The molecule has 0 radical (unpaired) electrons. The lowest BCUT2D eigenvalue weighted by atomic mass is 10.0. The maximum Gasteiger partial charge on any atom is 0.252 e. The van der Waals surface area contributed by atoms with Crippen molar-refractivity contribution in [2.45, 2.75) is 52.7 Å². The number of carbonyl (C=O) groups excluding carboxylic acids is 1. The van der Waals surface area contributed by atoms with Crippen LogP contribution in [0.15, 0.2) is 23.7 Å². The molecule has 2 aromatic heterocycles. The predicted octanol–water partition coefficient (Wildman–Crippen LogP) is 3.01. The molecule has 1 atom stereocenters. The number of nitrogens with one attached hydrogen (secondary N) is 1. The zero-order valence-corrected chi connectivity index (χ0v) is 17.2. The van der Waals surface area contributed by atoms with E-state index < -0.39 is 0 Å². The number of carbonyl (C=O) groups is 1. The first kappa shape index (κ1) is 20.0. The van der Waals surface area contributed by atoms with Gasteiger partial charge in [0.1, 0.15) is 0 Å². The number of rotatable bonds is 7. The van der Waals surface area contributed by atoms with Gasteiger partial charge in [-0.2, -0.15) is 0 Å². The Morgan fingerprint density at radius 2 is 2.22 bits per heavy atom. The molecule has 1 aliphatic heterocycles. The van der Waals surface area contributed by atoms with Crippen LogP contribution in [-0.2, 0) is 25.9 Å². The zero-order valence-electron chi connectivity index (χ0n) is 16.4. The van der Waals surface area contributed by atoms with E-state index in [2.05, 4.69) is 34.3 Å². The standard InChI is InChI=1S/C21H29N3O2S/c1-4-15-5-6-16(22-9-15)10-24-8-7-17-18(13-27-20(17)11-24)21(26)23-19(12-25)14(2)3/h5-6,9,13-14,19,25H,4,7-8,10-12H2,1-3H3,(H,23,26). The number of aliphatic hydroxyl groups excluding tert-OH is 1. The number of aryl methyl sites for hydroxylation is 1. The van der Waals surface area contributed by atoms with E-state index in [4.69, 9.17) is 0 Å². The summed E-state index contributed by atoms with van der Waals surface area (Å²) < 4.78 is 0. The summed E-state index contributed by atoms with van der Waals surface area (Å²) in [4.78, 5) is 20.9. The summed E-state index contributed by atoms with van der Waals surface area (Å²) in [5.74, 6) is 0.140. The SMILES string of the molecule is CCc1ccc(CN2CCc3c(C(=O)NC(CO)C(C)C)csc3C2)nc1. The number of pyridine rings is 1. The molecule has 146 valence electrons. The van der Waals surface area contributed by atoms with Gasteiger partial charge in [0.2, 0.25) is 0 Å². The van der Waals surface area contributed by atoms with E-state index in [1.807, 2.05) is 25.4 Å². The molecule has 3 rings (SSSR count). The van der Waals surface area contributed by atoms with Crippen molar-refractivity contribution >= 4 is 17.2 Å². The number of hydrogen-bond acceptors (Lipinski definition) is 5. The van der Waals surface area contributed by atoms with Gasteiger partial charge in [-0.05, 0) is 36.0 Å². The minimum absolute atomic E-state index is 0.0344. The minimum Gasteiger partial charge on any atom is -0.394 e. The van der Waals surface area contributed by atoms with Crippen molar-refractivity contribution in [1.82, 2.24) is 15.2 Å². The molecule has 2 aromatic rings. The summed E-state index contributed by atoms with van der Waals surface area (Å²) in [5.41, 5.74) is 4.30. The summed E-state index contributed by atoms with van der Waals surface area (Å²) in [5, 5.41) is 14.4. The molecule has 0 bridgehead atoms. The smallest absolute Gasteiger partial charge is 0.252 e. The van der Waals surface area contributed by atoms with Crippen molar-refractivity contribution in [2.24, 2.45) is 5.92 Å². The highest BCUT2D eigenvalue weighted by atomic mass is 32.1. The molecule has 1 aliphatic rings. The molecular formula is C21H29N3O2S. The Kier molecular flexibility index (Phi) is 6.63.